The van der Waals surface area contributed by atoms with Crippen LogP contribution < -0.4 is 10.2 Å². The zero-order chi connectivity index (χ0) is 14.2. The Labute approximate surface area is 123 Å². The third-order valence-electron chi connectivity index (χ3n) is 3.99. The summed E-state index contributed by atoms with van der Waals surface area (Å²) in [5.41, 5.74) is 2.64. The van der Waals surface area contributed by atoms with Gasteiger partial charge in [-0.2, -0.15) is 0 Å². The van der Waals surface area contributed by atoms with E-state index in [0.29, 0.717) is 6.10 Å². The predicted octanol–water partition coefficient (Wildman–Crippen LogP) is 2.98. The van der Waals surface area contributed by atoms with E-state index < -0.39 is 0 Å². The first-order valence-corrected chi connectivity index (χ1v) is 7.93. The van der Waals surface area contributed by atoms with Crippen LogP contribution in [0.2, 0.25) is 0 Å². The number of nitrogens with zero attached hydrogens (tertiary/aromatic N) is 1. The van der Waals surface area contributed by atoms with E-state index in [-0.39, 0.29) is 0 Å². The largest absolute Gasteiger partial charge is 0.378 e. The monoisotopic (exact) mass is 276 g/mol. The highest BCUT2D eigenvalue weighted by atomic mass is 16.5. The molecule has 1 N–H and O–H groups in total. The topological polar surface area (TPSA) is 24.5 Å². The van der Waals surface area contributed by atoms with Gasteiger partial charge in [-0.3, -0.25) is 0 Å². The Balaban J connectivity index is 1.69. The second-order valence-corrected chi connectivity index (χ2v) is 5.59. The van der Waals surface area contributed by atoms with Crippen LogP contribution in [0.25, 0.3) is 0 Å². The lowest BCUT2D eigenvalue weighted by Crippen LogP contribution is -2.33. The van der Waals surface area contributed by atoms with Gasteiger partial charge < -0.3 is 15.0 Å². The van der Waals surface area contributed by atoms with E-state index in [0.717, 1.165) is 52.0 Å². The predicted molar refractivity (Wildman–Crippen MR) is 85.5 cm³/mol. The normalized spacial score (nSPS) is 16.3. The van der Waals surface area contributed by atoms with Crippen LogP contribution >= 0.6 is 0 Å². The lowest BCUT2D eigenvalue weighted by atomic mass is 10.1. The standard InChI is InChI=1S/C17H28N2O/c1-3-19(16-7-5-15(2)6-8-16)13-4-14-20-17-9-11-18-12-10-17/h5-8,17-18H,3-4,9-14H2,1-2H3. The molecule has 2 rings (SSSR count). The van der Waals surface area contributed by atoms with Crippen LogP contribution in [0.5, 0.6) is 0 Å². The third kappa shape index (κ3) is 4.80. The summed E-state index contributed by atoms with van der Waals surface area (Å²) in [4.78, 5) is 2.42. The highest BCUT2D eigenvalue weighted by Crippen LogP contribution is 2.15. The number of piperidine rings is 1. The molecule has 112 valence electrons. The quantitative estimate of drug-likeness (QED) is 0.775. The Morgan fingerprint density at radius 2 is 1.90 bits per heavy atom. The molecular weight excluding hydrogens is 248 g/mol. The number of hydrogen-bond acceptors (Lipinski definition) is 3. The highest BCUT2D eigenvalue weighted by Gasteiger charge is 2.13. The number of benzene rings is 1. The van der Waals surface area contributed by atoms with Crippen LogP contribution in [0.4, 0.5) is 5.69 Å². The number of anilines is 1. The van der Waals surface area contributed by atoms with Gasteiger partial charge in [-0.1, -0.05) is 17.7 Å². The molecule has 1 aliphatic heterocycles. The maximum atomic E-state index is 5.97. The first-order chi connectivity index (χ1) is 9.79. The molecule has 1 saturated heterocycles. The Kier molecular flexibility index (Phi) is 6.34. The van der Waals surface area contributed by atoms with E-state index >= 15 is 0 Å². The van der Waals surface area contributed by atoms with Crippen molar-refractivity contribution in [3.8, 4) is 0 Å². The molecule has 0 atom stereocenters. The summed E-state index contributed by atoms with van der Waals surface area (Å²) in [6, 6.07) is 8.80. The molecule has 20 heavy (non-hydrogen) atoms. The van der Waals surface area contributed by atoms with Gasteiger partial charge in [-0.25, -0.2) is 0 Å². The van der Waals surface area contributed by atoms with Gasteiger partial charge in [0.15, 0.2) is 0 Å². The molecular formula is C17H28N2O. The van der Waals surface area contributed by atoms with E-state index in [4.69, 9.17) is 4.74 Å². The second kappa shape index (κ2) is 8.28. The van der Waals surface area contributed by atoms with Crippen molar-refractivity contribution in [3.05, 3.63) is 29.8 Å². The van der Waals surface area contributed by atoms with Crippen LogP contribution in [-0.4, -0.2) is 38.9 Å². The molecule has 1 aliphatic rings. The molecule has 0 spiro atoms. The zero-order valence-electron chi connectivity index (χ0n) is 12.9. The van der Waals surface area contributed by atoms with Gasteiger partial charge in [-0.05, 0) is 58.3 Å². The number of aryl methyl sites for hydroxylation is 1. The van der Waals surface area contributed by atoms with E-state index in [9.17, 15) is 0 Å². The van der Waals surface area contributed by atoms with E-state index in [2.05, 4.69) is 48.3 Å². The number of rotatable bonds is 7. The number of nitrogens with one attached hydrogen (secondary N) is 1. The third-order valence-corrected chi connectivity index (χ3v) is 3.99. The van der Waals surface area contributed by atoms with Gasteiger partial charge in [0.05, 0.1) is 6.10 Å². The average molecular weight is 276 g/mol. The van der Waals surface area contributed by atoms with Crippen LogP contribution in [0.3, 0.4) is 0 Å². The Morgan fingerprint density at radius 3 is 2.55 bits per heavy atom. The zero-order valence-corrected chi connectivity index (χ0v) is 12.9. The molecule has 1 aromatic rings. The lowest BCUT2D eigenvalue weighted by molar-refractivity contribution is 0.0324. The van der Waals surface area contributed by atoms with Crippen molar-refractivity contribution in [2.45, 2.75) is 39.2 Å². The van der Waals surface area contributed by atoms with Crippen molar-refractivity contribution in [3.63, 3.8) is 0 Å². The SMILES string of the molecule is CCN(CCCOC1CCNCC1)c1ccc(C)cc1. The summed E-state index contributed by atoms with van der Waals surface area (Å²) in [6.45, 7) is 9.57. The van der Waals surface area contributed by atoms with Crippen molar-refractivity contribution in [1.82, 2.24) is 5.32 Å². The van der Waals surface area contributed by atoms with Gasteiger partial charge >= 0.3 is 0 Å². The van der Waals surface area contributed by atoms with Crippen molar-refractivity contribution in [1.29, 1.82) is 0 Å². The van der Waals surface area contributed by atoms with Crippen LogP contribution in [0.15, 0.2) is 24.3 Å². The van der Waals surface area contributed by atoms with Crippen LogP contribution in [0, 0.1) is 6.92 Å². The second-order valence-electron chi connectivity index (χ2n) is 5.59. The summed E-state index contributed by atoms with van der Waals surface area (Å²) in [7, 11) is 0. The molecule has 0 saturated carbocycles. The number of hydrogen-bond donors (Lipinski definition) is 1. The maximum Gasteiger partial charge on any atom is 0.0599 e. The molecule has 0 aliphatic carbocycles. The fourth-order valence-electron chi connectivity index (χ4n) is 2.69. The summed E-state index contributed by atoms with van der Waals surface area (Å²) in [5.74, 6) is 0. The fraction of sp³-hybridized carbons (Fsp3) is 0.647. The van der Waals surface area contributed by atoms with Gasteiger partial charge in [0.1, 0.15) is 0 Å². The highest BCUT2D eigenvalue weighted by molar-refractivity contribution is 5.47. The van der Waals surface area contributed by atoms with Crippen LogP contribution in [0.1, 0.15) is 31.7 Å². The summed E-state index contributed by atoms with van der Waals surface area (Å²) >= 11 is 0. The fourth-order valence-corrected chi connectivity index (χ4v) is 2.69. The molecule has 3 nitrogen and oxygen atoms in total. The number of ether oxygens (including phenoxy) is 1. The maximum absolute atomic E-state index is 5.97. The Morgan fingerprint density at radius 1 is 1.20 bits per heavy atom. The smallest absolute Gasteiger partial charge is 0.0599 e. The minimum atomic E-state index is 0.478. The van der Waals surface area contributed by atoms with Crippen molar-refractivity contribution in [2.24, 2.45) is 0 Å². The van der Waals surface area contributed by atoms with Crippen molar-refractivity contribution in [2.75, 3.05) is 37.7 Å². The first-order valence-electron chi connectivity index (χ1n) is 7.93. The molecule has 3 heteroatoms. The molecule has 0 amide bonds. The van der Waals surface area contributed by atoms with Gasteiger partial charge in [0.25, 0.3) is 0 Å². The van der Waals surface area contributed by atoms with Crippen molar-refractivity contribution < 1.29 is 4.74 Å². The van der Waals surface area contributed by atoms with Gasteiger partial charge in [-0.15, -0.1) is 0 Å². The van der Waals surface area contributed by atoms with Crippen molar-refractivity contribution >= 4 is 5.69 Å². The van der Waals surface area contributed by atoms with Crippen LogP contribution in [-0.2, 0) is 4.74 Å². The molecule has 1 fully saturated rings. The van der Waals surface area contributed by atoms with E-state index in [1.165, 1.54) is 11.3 Å². The molecule has 0 bridgehead atoms. The molecule has 1 heterocycles. The summed E-state index contributed by atoms with van der Waals surface area (Å²) in [6.07, 6.45) is 3.90. The summed E-state index contributed by atoms with van der Waals surface area (Å²) in [5, 5.41) is 3.37. The molecule has 1 aromatic carbocycles. The van der Waals surface area contributed by atoms with E-state index in [1.54, 1.807) is 0 Å². The Hall–Kier alpha value is -1.06. The average Bonchev–Trinajstić information content (AvgIpc) is 2.50. The Bertz CT molecular complexity index is 371. The summed E-state index contributed by atoms with van der Waals surface area (Å²) < 4.78 is 5.97. The molecule has 0 radical (unpaired) electrons. The molecule has 0 unspecified atom stereocenters. The first kappa shape index (κ1) is 15.3. The van der Waals surface area contributed by atoms with Gasteiger partial charge in [0, 0.05) is 25.4 Å². The van der Waals surface area contributed by atoms with Gasteiger partial charge in [0.2, 0.25) is 0 Å². The minimum Gasteiger partial charge on any atom is -0.378 e. The minimum absolute atomic E-state index is 0.478. The van der Waals surface area contributed by atoms with E-state index in [1.807, 2.05) is 0 Å². The molecule has 0 aromatic heterocycles. The lowest BCUT2D eigenvalue weighted by Gasteiger charge is -2.25.